The van der Waals surface area contributed by atoms with Crippen LogP contribution < -0.4 is 11.1 Å². The summed E-state index contributed by atoms with van der Waals surface area (Å²) in [5, 5.41) is 12.1. The number of aromatic nitrogens is 2. The van der Waals surface area contributed by atoms with Crippen LogP contribution in [-0.2, 0) is 23.1 Å². The molecule has 0 saturated carbocycles. The number of amides is 2. The normalized spacial score (nSPS) is 17.6. The van der Waals surface area contributed by atoms with Crippen molar-refractivity contribution in [3.05, 3.63) is 71.5 Å². The minimum absolute atomic E-state index is 0.130. The monoisotopic (exact) mass is 483 g/mol. The number of hydrogen-bond acceptors (Lipinski definition) is 4. The minimum atomic E-state index is -0.359. The molecule has 2 aliphatic rings. The molecule has 2 aromatic heterocycles. The van der Waals surface area contributed by atoms with Gasteiger partial charge in [-0.15, -0.1) is 0 Å². The Kier molecular flexibility index (Phi) is 5.07. The molecule has 2 aromatic carbocycles. The molecule has 4 heterocycles. The number of aryl methyl sites for hydroxylation is 2. The maximum absolute atomic E-state index is 13.2. The van der Waals surface area contributed by atoms with Crippen molar-refractivity contribution in [3.8, 4) is 0 Å². The molecule has 1 unspecified atom stereocenters. The van der Waals surface area contributed by atoms with Crippen LogP contribution in [0, 0.1) is 5.41 Å². The summed E-state index contributed by atoms with van der Waals surface area (Å²) < 4.78 is 4.26. The number of nitrogens with zero attached hydrogens (tertiary/aromatic N) is 2. The number of carbonyl (C=O) groups is 2. The van der Waals surface area contributed by atoms with Crippen molar-refractivity contribution in [1.82, 2.24) is 14.5 Å². The van der Waals surface area contributed by atoms with Gasteiger partial charge in [0.1, 0.15) is 0 Å². The van der Waals surface area contributed by atoms with Crippen LogP contribution >= 0.6 is 11.8 Å². The predicted octanol–water partition coefficient (Wildman–Crippen LogP) is 4.20. The molecule has 35 heavy (non-hydrogen) atoms. The fraction of sp³-hybridized carbons (Fsp3) is 0.222. The number of benzene rings is 2. The Morgan fingerprint density at radius 2 is 1.77 bits per heavy atom. The van der Waals surface area contributed by atoms with Gasteiger partial charge >= 0.3 is 0 Å². The molecule has 0 aliphatic carbocycles. The van der Waals surface area contributed by atoms with Crippen molar-refractivity contribution >= 4 is 61.7 Å². The number of hydrogen-bond donors (Lipinski definition) is 3. The quantitative estimate of drug-likeness (QED) is 0.225. The summed E-state index contributed by atoms with van der Waals surface area (Å²) >= 11 is 1.36. The summed E-state index contributed by atoms with van der Waals surface area (Å²) in [5.74, 6) is 0.0492. The van der Waals surface area contributed by atoms with Crippen LogP contribution in [0.25, 0.3) is 33.0 Å². The molecule has 0 bridgehead atoms. The Balaban J connectivity index is 1.56. The van der Waals surface area contributed by atoms with Gasteiger partial charge in [-0.3, -0.25) is 20.3 Å². The molecule has 1 atom stereocenters. The molecule has 0 spiro atoms. The lowest BCUT2D eigenvalue weighted by atomic mass is 9.94. The van der Waals surface area contributed by atoms with E-state index >= 15 is 0 Å². The topological polar surface area (TPSA) is 106 Å². The summed E-state index contributed by atoms with van der Waals surface area (Å²) in [6, 6.07) is 14.4. The number of thioether (sulfide) groups is 1. The second kappa shape index (κ2) is 8.16. The van der Waals surface area contributed by atoms with Crippen molar-refractivity contribution < 1.29 is 9.59 Å². The average Bonchev–Trinajstić information content (AvgIpc) is 3.47. The van der Waals surface area contributed by atoms with Crippen LogP contribution in [0.15, 0.2) is 54.9 Å². The van der Waals surface area contributed by atoms with Crippen molar-refractivity contribution in [3.63, 3.8) is 0 Å². The van der Waals surface area contributed by atoms with Crippen LogP contribution in [0.5, 0.6) is 0 Å². The molecule has 2 aliphatic heterocycles. The number of fused-ring (bicyclic) bond motifs is 1. The van der Waals surface area contributed by atoms with E-state index < -0.39 is 0 Å². The first-order valence-electron chi connectivity index (χ1n) is 11.7. The fourth-order valence-corrected chi connectivity index (χ4v) is 6.25. The van der Waals surface area contributed by atoms with Gasteiger partial charge in [-0.2, -0.15) is 0 Å². The Labute approximate surface area is 206 Å². The molecule has 4 aromatic rings. The van der Waals surface area contributed by atoms with E-state index in [9.17, 15) is 9.59 Å². The number of imide groups is 1. The van der Waals surface area contributed by atoms with E-state index in [1.54, 1.807) is 0 Å². The van der Waals surface area contributed by atoms with E-state index in [4.69, 9.17) is 11.1 Å². The number of amidine groups is 1. The highest BCUT2D eigenvalue weighted by atomic mass is 32.2. The van der Waals surface area contributed by atoms with Gasteiger partial charge in [-0.25, -0.2) is 0 Å². The minimum Gasteiger partial charge on any atom is -0.379 e. The highest BCUT2D eigenvalue weighted by Gasteiger charge is 2.36. The first-order valence-corrected chi connectivity index (χ1v) is 12.7. The molecule has 0 saturated heterocycles. The largest absolute Gasteiger partial charge is 0.379 e. The van der Waals surface area contributed by atoms with Crippen molar-refractivity contribution in [2.75, 3.05) is 5.75 Å². The van der Waals surface area contributed by atoms with E-state index in [0.29, 0.717) is 11.1 Å². The molecule has 8 heteroatoms. The standard InChI is InChI=1S/C27H25N5O2S/c1-31-13-19(17-6-2-3-8-21(17)31)22-23(26(34)30-25(22)33)20-14-32-16(11-12-35-27(28)29)10-9-15-5-4-7-18(20)24(15)32/h2-8,13-14,16H,9-12H2,1H3,(H3,28,29)(H,30,33,34). The van der Waals surface area contributed by atoms with Gasteiger partial charge in [-0.05, 0) is 30.9 Å². The van der Waals surface area contributed by atoms with Crippen molar-refractivity contribution in [2.45, 2.75) is 25.3 Å². The summed E-state index contributed by atoms with van der Waals surface area (Å²) in [6.07, 6.45) is 6.80. The second-order valence-corrected chi connectivity index (χ2v) is 10.3. The average molecular weight is 484 g/mol. The van der Waals surface area contributed by atoms with Gasteiger partial charge < -0.3 is 14.9 Å². The molecule has 4 N–H and O–H groups in total. The van der Waals surface area contributed by atoms with E-state index in [0.717, 1.165) is 57.9 Å². The van der Waals surface area contributed by atoms with Crippen LogP contribution in [0.2, 0.25) is 0 Å². The van der Waals surface area contributed by atoms with Gasteiger partial charge in [0.2, 0.25) is 0 Å². The van der Waals surface area contributed by atoms with Gasteiger partial charge in [0, 0.05) is 58.7 Å². The zero-order valence-electron chi connectivity index (χ0n) is 19.3. The van der Waals surface area contributed by atoms with Gasteiger partial charge in [0.05, 0.1) is 16.7 Å². The number of para-hydroxylation sites is 2. The lowest BCUT2D eigenvalue weighted by Gasteiger charge is -2.25. The first-order chi connectivity index (χ1) is 16.9. The van der Waals surface area contributed by atoms with E-state index in [1.165, 1.54) is 17.3 Å². The number of nitrogens with one attached hydrogen (secondary N) is 2. The predicted molar refractivity (Wildman–Crippen MR) is 141 cm³/mol. The zero-order chi connectivity index (χ0) is 24.3. The van der Waals surface area contributed by atoms with Crippen molar-refractivity contribution in [1.29, 1.82) is 5.41 Å². The maximum Gasteiger partial charge on any atom is 0.259 e. The third-order valence-corrected chi connectivity index (χ3v) is 7.90. The summed E-state index contributed by atoms with van der Waals surface area (Å²) in [4.78, 5) is 26.4. The summed E-state index contributed by atoms with van der Waals surface area (Å²) in [6.45, 7) is 0. The highest BCUT2D eigenvalue weighted by molar-refractivity contribution is 8.13. The molecular formula is C27H25N5O2S. The third-order valence-electron chi connectivity index (χ3n) is 7.15. The SMILES string of the molecule is Cn1cc(C2=C(c3cn4c5c(cccc35)CCC4CCSC(=N)N)C(=O)NC2=O)c2ccccc21. The summed E-state index contributed by atoms with van der Waals surface area (Å²) in [7, 11) is 1.95. The smallest absolute Gasteiger partial charge is 0.259 e. The Morgan fingerprint density at radius 1 is 1.06 bits per heavy atom. The van der Waals surface area contributed by atoms with Crippen LogP contribution in [0.1, 0.15) is 35.6 Å². The number of carbonyl (C=O) groups excluding carboxylic acids is 2. The molecule has 2 amide bonds. The van der Waals surface area contributed by atoms with E-state index in [2.05, 4.69) is 22.1 Å². The molecular weight excluding hydrogens is 458 g/mol. The third kappa shape index (κ3) is 3.39. The molecule has 176 valence electrons. The highest BCUT2D eigenvalue weighted by Crippen LogP contribution is 2.42. The zero-order valence-corrected chi connectivity index (χ0v) is 20.1. The lowest BCUT2D eigenvalue weighted by Crippen LogP contribution is -2.22. The number of rotatable bonds is 5. The summed E-state index contributed by atoms with van der Waals surface area (Å²) in [5.41, 5.74) is 11.4. The molecule has 0 fully saturated rings. The molecule has 6 rings (SSSR count). The maximum atomic E-state index is 13.2. The fourth-order valence-electron chi connectivity index (χ4n) is 5.64. The van der Waals surface area contributed by atoms with Crippen LogP contribution in [-0.4, -0.2) is 31.9 Å². The molecule has 0 radical (unpaired) electrons. The second-order valence-electron chi connectivity index (χ2n) is 9.16. The number of nitrogens with two attached hydrogens (primary N) is 1. The van der Waals surface area contributed by atoms with Gasteiger partial charge in [-0.1, -0.05) is 48.2 Å². The van der Waals surface area contributed by atoms with Crippen LogP contribution in [0.4, 0.5) is 0 Å². The molecule has 7 nitrogen and oxygen atoms in total. The Bertz CT molecular complexity index is 1590. The Hall–Kier alpha value is -3.78. The van der Waals surface area contributed by atoms with Gasteiger partial charge in [0.15, 0.2) is 5.17 Å². The van der Waals surface area contributed by atoms with E-state index in [-0.39, 0.29) is 23.0 Å². The Morgan fingerprint density at radius 3 is 2.54 bits per heavy atom. The van der Waals surface area contributed by atoms with Gasteiger partial charge in [0.25, 0.3) is 11.8 Å². The van der Waals surface area contributed by atoms with Crippen LogP contribution in [0.3, 0.4) is 0 Å². The first kappa shape index (κ1) is 21.7. The van der Waals surface area contributed by atoms with E-state index in [1.807, 2.05) is 54.2 Å². The van der Waals surface area contributed by atoms with Crippen molar-refractivity contribution in [2.24, 2.45) is 12.8 Å². The lowest BCUT2D eigenvalue weighted by molar-refractivity contribution is -0.122.